The fourth-order valence-electron chi connectivity index (χ4n) is 1.94. The second kappa shape index (κ2) is 8.78. The molecule has 0 aliphatic heterocycles. The van der Waals surface area contributed by atoms with Crippen molar-refractivity contribution in [3.8, 4) is 0 Å². The Labute approximate surface area is 136 Å². The van der Waals surface area contributed by atoms with Gasteiger partial charge in [-0.3, -0.25) is 14.2 Å². The van der Waals surface area contributed by atoms with Gasteiger partial charge in [0.05, 0.1) is 6.10 Å². The fraction of sp³-hybridized carbons (Fsp3) is 0.857. The molecule has 134 valence electrons. The molecule has 3 N–H and O–H groups in total. The lowest BCUT2D eigenvalue weighted by Crippen LogP contribution is -2.43. The predicted octanol–water partition coefficient (Wildman–Crippen LogP) is 1.13. The fourth-order valence-corrected chi connectivity index (χ4v) is 3.64. The zero-order valence-electron chi connectivity index (χ0n) is 14.1. The summed E-state index contributed by atoms with van der Waals surface area (Å²) in [6.07, 6.45) is 1.59. The summed E-state index contributed by atoms with van der Waals surface area (Å²) in [5.41, 5.74) is 0. The molecule has 8 nitrogen and oxygen atoms in total. The number of hydrogen-bond donors (Lipinski definition) is 3. The topological polar surface area (TPSA) is 114 Å². The van der Waals surface area contributed by atoms with E-state index in [-0.39, 0.29) is 12.2 Å². The molecule has 0 radical (unpaired) electrons. The molecular weight excluding hydrogens is 323 g/mol. The smallest absolute Gasteiger partial charge is 0.323 e. The Hall–Kier alpha value is -0.950. The summed E-state index contributed by atoms with van der Waals surface area (Å²) in [4.78, 5) is 23.6. The Bertz CT molecular complexity index is 466. The van der Waals surface area contributed by atoms with E-state index in [1.165, 1.54) is 13.8 Å². The van der Waals surface area contributed by atoms with Crippen molar-refractivity contribution in [2.45, 2.75) is 71.2 Å². The third-order valence-electron chi connectivity index (χ3n) is 3.40. The highest BCUT2D eigenvalue weighted by Crippen LogP contribution is 2.36. The summed E-state index contributed by atoms with van der Waals surface area (Å²) in [7, 11) is -3.54. The molecule has 1 saturated carbocycles. The first-order valence-electron chi connectivity index (χ1n) is 7.83. The summed E-state index contributed by atoms with van der Waals surface area (Å²) in [6, 6.07) is -1.76. The number of carbonyl (C=O) groups excluding carboxylic acids is 2. The summed E-state index contributed by atoms with van der Waals surface area (Å²) < 4.78 is 22.8. The van der Waals surface area contributed by atoms with Crippen LogP contribution in [0.15, 0.2) is 0 Å². The number of rotatable bonds is 9. The lowest BCUT2D eigenvalue weighted by Gasteiger charge is -2.29. The molecule has 3 atom stereocenters. The maximum absolute atomic E-state index is 12.6. The zero-order valence-corrected chi connectivity index (χ0v) is 15.0. The van der Waals surface area contributed by atoms with Crippen molar-refractivity contribution < 1.29 is 28.7 Å². The van der Waals surface area contributed by atoms with Gasteiger partial charge in [-0.15, -0.1) is 0 Å². The van der Waals surface area contributed by atoms with Gasteiger partial charge in [0.15, 0.2) is 0 Å². The van der Waals surface area contributed by atoms with Gasteiger partial charge in [-0.1, -0.05) is 0 Å². The third kappa shape index (κ3) is 6.59. The number of carbonyl (C=O) groups is 2. The van der Waals surface area contributed by atoms with E-state index in [0.717, 1.165) is 19.3 Å². The Morgan fingerprint density at radius 3 is 2.04 bits per heavy atom. The summed E-state index contributed by atoms with van der Waals surface area (Å²) >= 11 is 0. The molecule has 0 aromatic carbocycles. The van der Waals surface area contributed by atoms with E-state index in [1.807, 2.05) is 0 Å². The SMILES string of the molecule is CC(C)OC(=O)[C@H](C)NP(=O)(CO)N[C@H](C)C(=O)OC1CCC1. The average molecular weight is 350 g/mol. The van der Waals surface area contributed by atoms with E-state index < -0.39 is 37.8 Å². The van der Waals surface area contributed by atoms with Crippen LogP contribution < -0.4 is 10.2 Å². The second-order valence-electron chi connectivity index (χ2n) is 6.06. The van der Waals surface area contributed by atoms with E-state index in [0.29, 0.717) is 0 Å². The Morgan fingerprint density at radius 1 is 1.13 bits per heavy atom. The number of nitrogens with one attached hydrogen (secondary N) is 2. The molecular formula is C14H27N2O6P. The van der Waals surface area contributed by atoms with Crippen molar-refractivity contribution in [2.24, 2.45) is 0 Å². The van der Waals surface area contributed by atoms with E-state index >= 15 is 0 Å². The lowest BCUT2D eigenvalue weighted by molar-refractivity contribution is -0.154. The first-order valence-corrected chi connectivity index (χ1v) is 9.72. The van der Waals surface area contributed by atoms with Crippen LogP contribution in [0.5, 0.6) is 0 Å². The minimum atomic E-state index is -3.54. The normalized spacial score (nSPS) is 20.3. The molecule has 1 rings (SSSR count). The Balaban J connectivity index is 2.55. The standard InChI is InChI=1S/C14H27N2O6P/c1-9(2)21-13(18)10(3)15-23(20,8-17)16-11(4)14(19)22-12-6-5-7-12/h9-12,17H,5-8H2,1-4H3,(H2,15,16,20)/t10-,11+,23?/m0/s1. The van der Waals surface area contributed by atoms with Gasteiger partial charge in [0.2, 0.25) is 7.44 Å². The molecule has 0 aromatic heterocycles. The van der Waals surface area contributed by atoms with Crippen molar-refractivity contribution in [3.05, 3.63) is 0 Å². The number of ether oxygens (including phenoxy) is 2. The van der Waals surface area contributed by atoms with Gasteiger partial charge in [0, 0.05) is 0 Å². The van der Waals surface area contributed by atoms with Gasteiger partial charge in [-0.25, -0.2) is 10.2 Å². The second-order valence-corrected chi connectivity index (χ2v) is 8.34. The Morgan fingerprint density at radius 2 is 1.65 bits per heavy atom. The summed E-state index contributed by atoms with van der Waals surface area (Å²) in [6.45, 7) is 6.38. The van der Waals surface area contributed by atoms with Crippen LogP contribution in [-0.2, 0) is 23.6 Å². The Kier molecular flexibility index (Phi) is 7.67. The van der Waals surface area contributed by atoms with Crippen LogP contribution in [0.2, 0.25) is 0 Å². The number of aliphatic hydroxyl groups excluding tert-OH is 1. The number of hydrogen-bond acceptors (Lipinski definition) is 6. The zero-order chi connectivity index (χ0) is 17.6. The molecule has 23 heavy (non-hydrogen) atoms. The molecule has 1 unspecified atom stereocenters. The van der Waals surface area contributed by atoms with Gasteiger partial charge in [-0.2, -0.15) is 0 Å². The average Bonchev–Trinajstić information content (AvgIpc) is 2.41. The monoisotopic (exact) mass is 350 g/mol. The van der Waals surface area contributed by atoms with Crippen molar-refractivity contribution >= 4 is 19.4 Å². The molecule has 1 fully saturated rings. The molecule has 1 aliphatic carbocycles. The summed E-state index contributed by atoms with van der Waals surface area (Å²) in [5, 5.41) is 14.5. The highest BCUT2D eigenvalue weighted by Gasteiger charge is 2.32. The molecule has 0 saturated heterocycles. The van der Waals surface area contributed by atoms with Gasteiger partial charge in [-0.05, 0) is 47.0 Å². The van der Waals surface area contributed by atoms with Crippen molar-refractivity contribution in [1.29, 1.82) is 0 Å². The van der Waals surface area contributed by atoms with Crippen molar-refractivity contribution in [1.82, 2.24) is 10.2 Å². The van der Waals surface area contributed by atoms with E-state index in [4.69, 9.17) is 9.47 Å². The predicted molar refractivity (Wildman–Crippen MR) is 84.8 cm³/mol. The van der Waals surface area contributed by atoms with Crippen molar-refractivity contribution in [3.63, 3.8) is 0 Å². The summed E-state index contributed by atoms with van der Waals surface area (Å²) in [5.74, 6) is -1.11. The van der Waals surface area contributed by atoms with Gasteiger partial charge >= 0.3 is 11.9 Å². The molecule has 0 heterocycles. The van der Waals surface area contributed by atoms with E-state index in [1.54, 1.807) is 13.8 Å². The van der Waals surface area contributed by atoms with Gasteiger partial charge in [0.25, 0.3) is 0 Å². The molecule has 0 amide bonds. The van der Waals surface area contributed by atoms with E-state index in [2.05, 4.69) is 10.2 Å². The van der Waals surface area contributed by atoms with Crippen LogP contribution in [0.25, 0.3) is 0 Å². The van der Waals surface area contributed by atoms with Crippen molar-refractivity contribution in [2.75, 3.05) is 6.35 Å². The van der Waals surface area contributed by atoms with Crippen LogP contribution in [0, 0.1) is 0 Å². The highest BCUT2D eigenvalue weighted by atomic mass is 31.2. The first kappa shape index (κ1) is 20.1. The number of esters is 2. The molecule has 9 heteroatoms. The van der Waals surface area contributed by atoms with Crippen LogP contribution in [-0.4, -0.2) is 47.7 Å². The first-order chi connectivity index (χ1) is 10.7. The number of aliphatic hydroxyl groups is 1. The lowest BCUT2D eigenvalue weighted by atomic mass is 9.96. The van der Waals surface area contributed by atoms with Crippen LogP contribution in [0.3, 0.4) is 0 Å². The van der Waals surface area contributed by atoms with Gasteiger partial charge in [0.1, 0.15) is 24.5 Å². The minimum absolute atomic E-state index is 0.0758. The van der Waals surface area contributed by atoms with E-state index in [9.17, 15) is 19.3 Å². The molecule has 0 aromatic rings. The quantitative estimate of drug-likeness (QED) is 0.419. The highest BCUT2D eigenvalue weighted by molar-refractivity contribution is 7.59. The largest absolute Gasteiger partial charge is 0.462 e. The molecule has 0 bridgehead atoms. The maximum Gasteiger partial charge on any atom is 0.323 e. The van der Waals surface area contributed by atoms with Crippen LogP contribution in [0.4, 0.5) is 0 Å². The minimum Gasteiger partial charge on any atom is -0.462 e. The maximum atomic E-state index is 12.6. The molecule has 0 spiro atoms. The van der Waals surface area contributed by atoms with Crippen LogP contribution in [0.1, 0.15) is 47.0 Å². The van der Waals surface area contributed by atoms with Gasteiger partial charge < -0.3 is 14.6 Å². The third-order valence-corrected chi connectivity index (χ3v) is 5.40. The molecule has 1 aliphatic rings. The van der Waals surface area contributed by atoms with Crippen LogP contribution >= 0.6 is 7.44 Å².